The predicted molar refractivity (Wildman–Crippen MR) is 141 cm³/mol. The van der Waals surface area contributed by atoms with E-state index in [0.717, 1.165) is 36.9 Å². The van der Waals surface area contributed by atoms with Crippen molar-refractivity contribution < 1.29 is 4.74 Å². The Bertz CT molecular complexity index is 1060. The van der Waals surface area contributed by atoms with Crippen molar-refractivity contribution in [1.29, 1.82) is 0 Å². The molecule has 2 saturated heterocycles. The summed E-state index contributed by atoms with van der Waals surface area (Å²) < 4.78 is 8.31. The molecule has 1 spiro atoms. The van der Waals surface area contributed by atoms with Crippen LogP contribution in [0.1, 0.15) is 32.1 Å². The summed E-state index contributed by atoms with van der Waals surface area (Å²) >= 11 is 1.69. The average molecular weight is 484 g/mol. The number of fused-ring (bicyclic) bond motifs is 1. The molecule has 0 saturated carbocycles. The number of hydrogen-bond donors (Lipinski definition) is 1. The van der Waals surface area contributed by atoms with Gasteiger partial charge in [0, 0.05) is 62.8 Å². The Hall–Kier alpha value is -1.74. The van der Waals surface area contributed by atoms with Gasteiger partial charge in [-0.2, -0.15) is 0 Å². The highest BCUT2D eigenvalue weighted by Crippen LogP contribution is 2.40. The molecule has 5 heterocycles. The fourth-order valence-electron chi connectivity index (χ4n) is 5.34. The Morgan fingerprint density at radius 2 is 2.03 bits per heavy atom. The van der Waals surface area contributed by atoms with Crippen LogP contribution in [0.3, 0.4) is 0 Å². The van der Waals surface area contributed by atoms with E-state index in [4.69, 9.17) is 9.72 Å². The zero-order chi connectivity index (χ0) is 22.9. The van der Waals surface area contributed by atoms with Gasteiger partial charge in [-0.05, 0) is 44.3 Å². The van der Waals surface area contributed by atoms with Crippen molar-refractivity contribution in [1.82, 2.24) is 19.9 Å². The third-order valence-electron chi connectivity index (χ3n) is 7.12. The van der Waals surface area contributed by atoms with E-state index in [9.17, 15) is 0 Å². The highest BCUT2D eigenvalue weighted by Gasteiger charge is 2.37. The van der Waals surface area contributed by atoms with Crippen molar-refractivity contribution in [3.8, 4) is 10.6 Å². The summed E-state index contributed by atoms with van der Waals surface area (Å²) in [7, 11) is -1.11. The molecule has 0 amide bonds. The lowest BCUT2D eigenvalue weighted by molar-refractivity contribution is 0.0899. The molecule has 1 atom stereocenters. The van der Waals surface area contributed by atoms with Gasteiger partial charge in [0.1, 0.15) is 17.4 Å². The van der Waals surface area contributed by atoms with E-state index in [1.165, 1.54) is 54.8 Å². The minimum absolute atomic E-state index is 0.260. The molecule has 6 nitrogen and oxygen atoms in total. The monoisotopic (exact) mass is 483 g/mol. The standard InChI is InChI=1S/C25H37N5OSSi/c1-33(2,3)16-14-31-19-30-17-20(24-27-12-15-32-24)22-21(7-11-26-23(22)30)29-13-6-9-25(18-29)8-4-5-10-28-25/h7,11-12,15,17,28H,4-6,8-10,13-14,16,18-19H2,1-3H3/t25-/m0/s1. The summed E-state index contributed by atoms with van der Waals surface area (Å²) in [6, 6.07) is 3.38. The molecule has 3 aromatic rings. The molecule has 1 N–H and O–H groups in total. The van der Waals surface area contributed by atoms with Gasteiger partial charge in [-0.3, -0.25) is 0 Å². The normalized spacial score (nSPS) is 21.8. The molecule has 33 heavy (non-hydrogen) atoms. The summed E-state index contributed by atoms with van der Waals surface area (Å²) in [5.41, 5.74) is 3.73. The summed E-state index contributed by atoms with van der Waals surface area (Å²) in [5, 5.41) is 8.21. The van der Waals surface area contributed by atoms with Crippen LogP contribution in [0, 0.1) is 0 Å². The van der Waals surface area contributed by atoms with E-state index < -0.39 is 8.07 Å². The molecule has 3 aromatic heterocycles. The van der Waals surface area contributed by atoms with E-state index in [0.29, 0.717) is 6.73 Å². The number of rotatable bonds is 7. The zero-order valence-corrected chi connectivity index (χ0v) is 22.1. The molecule has 2 fully saturated rings. The van der Waals surface area contributed by atoms with Gasteiger partial charge in [-0.25, -0.2) is 9.97 Å². The van der Waals surface area contributed by atoms with Gasteiger partial charge in [0.05, 0.1) is 11.1 Å². The molecule has 0 unspecified atom stereocenters. The molecule has 8 heteroatoms. The second-order valence-corrected chi connectivity index (χ2v) is 17.4. The van der Waals surface area contributed by atoms with E-state index in [-0.39, 0.29) is 5.54 Å². The third kappa shape index (κ3) is 5.04. The molecule has 0 aliphatic carbocycles. The Morgan fingerprint density at radius 3 is 2.79 bits per heavy atom. The first-order valence-corrected chi connectivity index (χ1v) is 17.0. The summed E-state index contributed by atoms with van der Waals surface area (Å²) in [6.45, 7) is 11.8. The van der Waals surface area contributed by atoms with Gasteiger partial charge in [0.15, 0.2) is 0 Å². The minimum Gasteiger partial charge on any atom is -0.369 e. The Balaban J connectivity index is 1.48. The number of aromatic nitrogens is 3. The quantitative estimate of drug-likeness (QED) is 0.351. The molecular weight excluding hydrogens is 446 g/mol. The van der Waals surface area contributed by atoms with Crippen LogP contribution in [0.4, 0.5) is 5.69 Å². The molecule has 5 rings (SSSR count). The second-order valence-electron chi connectivity index (χ2n) is 10.9. The van der Waals surface area contributed by atoms with Gasteiger partial charge in [-0.15, -0.1) is 11.3 Å². The largest absolute Gasteiger partial charge is 0.369 e. The van der Waals surface area contributed by atoms with Crippen LogP contribution >= 0.6 is 11.3 Å². The Labute approximate surface area is 202 Å². The summed E-state index contributed by atoms with van der Waals surface area (Å²) in [6.07, 6.45) is 12.5. The molecule has 2 aliphatic heterocycles. The highest BCUT2D eigenvalue weighted by atomic mass is 32.1. The SMILES string of the molecule is C[Si](C)(C)CCOCn1cc(-c2nccs2)c2c(N3CCC[C@@]4(CCCCN4)C3)ccnc21. The van der Waals surface area contributed by atoms with Crippen molar-refractivity contribution in [2.45, 2.75) is 70.1 Å². The van der Waals surface area contributed by atoms with Crippen LogP contribution in [0.15, 0.2) is 30.0 Å². The molecular formula is C25H37N5OSSi. The summed E-state index contributed by atoms with van der Waals surface area (Å²) in [5.74, 6) is 0. The second kappa shape index (κ2) is 9.48. The van der Waals surface area contributed by atoms with Gasteiger partial charge in [0.25, 0.3) is 0 Å². The van der Waals surface area contributed by atoms with Crippen LogP contribution in [-0.2, 0) is 11.5 Å². The Morgan fingerprint density at radius 1 is 1.15 bits per heavy atom. The smallest absolute Gasteiger partial charge is 0.144 e. The van der Waals surface area contributed by atoms with Crippen LogP contribution < -0.4 is 10.2 Å². The van der Waals surface area contributed by atoms with Crippen LogP contribution in [-0.4, -0.2) is 54.4 Å². The number of hydrogen-bond acceptors (Lipinski definition) is 6. The maximum atomic E-state index is 6.13. The molecule has 178 valence electrons. The molecule has 0 aromatic carbocycles. The van der Waals surface area contributed by atoms with Gasteiger partial charge < -0.3 is 19.5 Å². The van der Waals surface area contributed by atoms with Crippen molar-refractivity contribution >= 4 is 36.1 Å². The first kappa shape index (κ1) is 23.0. The molecule has 0 bridgehead atoms. The van der Waals surface area contributed by atoms with E-state index in [2.05, 4.69) is 57.1 Å². The number of nitrogens with one attached hydrogen (secondary N) is 1. The number of ether oxygens (including phenoxy) is 1. The van der Waals surface area contributed by atoms with Gasteiger partial charge in [0.2, 0.25) is 0 Å². The minimum atomic E-state index is -1.11. The van der Waals surface area contributed by atoms with Gasteiger partial charge >= 0.3 is 0 Å². The van der Waals surface area contributed by atoms with Crippen LogP contribution in [0.2, 0.25) is 25.7 Å². The maximum Gasteiger partial charge on any atom is 0.144 e. The predicted octanol–water partition coefficient (Wildman–Crippen LogP) is 5.58. The fraction of sp³-hybridized carbons (Fsp3) is 0.600. The highest BCUT2D eigenvalue weighted by molar-refractivity contribution is 7.13. The number of nitrogens with zero attached hydrogens (tertiary/aromatic N) is 4. The van der Waals surface area contributed by atoms with E-state index >= 15 is 0 Å². The number of pyridine rings is 1. The number of anilines is 1. The first-order chi connectivity index (χ1) is 15.9. The fourth-order valence-corrected chi connectivity index (χ4v) is 6.75. The zero-order valence-electron chi connectivity index (χ0n) is 20.3. The van der Waals surface area contributed by atoms with Crippen molar-refractivity contribution in [2.75, 3.05) is 31.1 Å². The third-order valence-corrected chi connectivity index (χ3v) is 9.63. The molecule has 2 aliphatic rings. The Kier molecular flexibility index (Phi) is 6.62. The van der Waals surface area contributed by atoms with E-state index in [1.807, 2.05) is 12.4 Å². The lowest BCUT2D eigenvalue weighted by atomic mass is 9.81. The van der Waals surface area contributed by atoms with Crippen LogP contribution in [0.25, 0.3) is 21.6 Å². The van der Waals surface area contributed by atoms with Crippen molar-refractivity contribution in [2.24, 2.45) is 0 Å². The van der Waals surface area contributed by atoms with E-state index in [1.54, 1.807) is 11.3 Å². The number of piperidine rings is 2. The lowest BCUT2D eigenvalue weighted by Gasteiger charge is -2.47. The number of thiazole rings is 1. The van der Waals surface area contributed by atoms with Crippen LogP contribution in [0.5, 0.6) is 0 Å². The molecule has 0 radical (unpaired) electrons. The average Bonchev–Trinajstić information content (AvgIpc) is 3.45. The lowest BCUT2D eigenvalue weighted by Crippen LogP contribution is -2.59. The summed E-state index contributed by atoms with van der Waals surface area (Å²) in [4.78, 5) is 12.1. The van der Waals surface area contributed by atoms with Crippen molar-refractivity contribution in [3.05, 3.63) is 30.0 Å². The topological polar surface area (TPSA) is 55.2 Å². The van der Waals surface area contributed by atoms with Crippen molar-refractivity contribution in [3.63, 3.8) is 0 Å². The first-order valence-electron chi connectivity index (χ1n) is 12.4. The van der Waals surface area contributed by atoms with Gasteiger partial charge in [-0.1, -0.05) is 26.1 Å². The maximum absolute atomic E-state index is 6.13.